The van der Waals surface area contributed by atoms with E-state index in [1.165, 1.54) is 7.11 Å². The number of anilines is 1. The summed E-state index contributed by atoms with van der Waals surface area (Å²) in [6.07, 6.45) is 0.0685. The van der Waals surface area contributed by atoms with Crippen LogP contribution in [0.5, 0.6) is 11.5 Å². The molecule has 1 N–H and O–H groups in total. The molecule has 148 valence electrons. The van der Waals surface area contributed by atoms with Crippen molar-refractivity contribution in [3.63, 3.8) is 0 Å². The number of hydrogen-bond acceptors (Lipinski definition) is 5. The maximum Gasteiger partial charge on any atom is 0.226 e. The average Bonchev–Trinajstić information content (AvgIpc) is 3.08. The van der Waals surface area contributed by atoms with Gasteiger partial charge in [-0.2, -0.15) is 5.10 Å². The molecule has 0 spiro atoms. The zero-order valence-electron chi connectivity index (χ0n) is 16.4. The highest BCUT2D eigenvalue weighted by Gasteiger charge is 2.37. The standard InChI is InChI=1S/C22H21N3O4/c1-13-20-17(21(27)16-6-4-5-7-18(16)29-3)12-19(26)23-22(20)25(24-13)14-8-10-15(28-2)11-9-14/h4-11,17H,12H2,1-3H3,(H,23,26). The van der Waals surface area contributed by atoms with E-state index in [0.717, 1.165) is 17.0 Å². The van der Waals surface area contributed by atoms with Crippen LogP contribution in [-0.4, -0.2) is 35.7 Å². The number of ether oxygens (including phenoxy) is 2. The number of carbonyl (C=O) groups excluding carboxylic acids is 2. The van der Waals surface area contributed by atoms with Crippen molar-refractivity contribution in [3.05, 3.63) is 65.4 Å². The number of nitrogens with one attached hydrogen (secondary N) is 1. The summed E-state index contributed by atoms with van der Waals surface area (Å²) in [6.45, 7) is 1.85. The first-order chi connectivity index (χ1) is 14.0. The monoisotopic (exact) mass is 391 g/mol. The maximum atomic E-state index is 13.4. The lowest BCUT2D eigenvalue weighted by Gasteiger charge is -2.23. The summed E-state index contributed by atoms with van der Waals surface area (Å²) >= 11 is 0. The van der Waals surface area contributed by atoms with Crippen LogP contribution < -0.4 is 14.8 Å². The van der Waals surface area contributed by atoms with Crippen molar-refractivity contribution in [1.82, 2.24) is 9.78 Å². The fourth-order valence-corrected chi connectivity index (χ4v) is 3.72. The number of Topliss-reactive ketones (excluding diaryl/α,β-unsaturated/α-hetero) is 1. The SMILES string of the molecule is COc1ccc(-n2nc(C)c3c2NC(=O)CC3C(=O)c2ccccc2OC)cc1. The molecule has 1 aliphatic heterocycles. The van der Waals surface area contributed by atoms with Gasteiger partial charge in [0.25, 0.3) is 0 Å². The average molecular weight is 391 g/mol. The van der Waals surface area contributed by atoms with Gasteiger partial charge < -0.3 is 14.8 Å². The van der Waals surface area contributed by atoms with Crippen molar-refractivity contribution < 1.29 is 19.1 Å². The van der Waals surface area contributed by atoms with Crippen molar-refractivity contribution in [2.24, 2.45) is 0 Å². The predicted molar refractivity (Wildman–Crippen MR) is 108 cm³/mol. The second kappa shape index (κ2) is 7.43. The molecule has 2 heterocycles. The molecular weight excluding hydrogens is 370 g/mol. The minimum atomic E-state index is -0.623. The highest BCUT2D eigenvalue weighted by molar-refractivity contribution is 6.09. The van der Waals surface area contributed by atoms with Gasteiger partial charge in [-0.1, -0.05) is 12.1 Å². The molecule has 3 aromatic rings. The molecule has 7 nitrogen and oxygen atoms in total. The Kier molecular flexibility index (Phi) is 4.80. The Bertz CT molecular complexity index is 1090. The second-order valence-electron chi connectivity index (χ2n) is 6.83. The van der Waals surface area contributed by atoms with Gasteiger partial charge in [-0.3, -0.25) is 9.59 Å². The number of ketones is 1. The normalized spacial score (nSPS) is 15.4. The van der Waals surface area contributed by atoms with Crippen molar-refractivity contribution in [3.8, 4) is 17.2 Å². The van der Waals surface area contributed by atoms with E-state index in [4.69, 9.17) is 9.47 Å². The molecule has 1 aromatic heterocycles. The minimum Gasteiger partial charge on any atom is -0.497 e. The van der Waals surface area contributed by atoms with Crippen LogP contribution in [0.1, 0.15) is 34.0 Å². The first-order valence-corrected chi connectivity index (χ1v) is 9.24. The molecular formula is C22H21N3O4. The van der Waals surface area contributed by atoms with Crippen molar-refractivity contribution >= 4 is 17.5 Å². The molecule has 1 aliphatic rings. The van der Waals surface area contributed by atoms with Gasteiger partial charge in [0, 0.05) is 12.0 Å². The van der Waals surface area contributed by atoms with Gasteiger partial charge in [0.05, 0.1) is 37.1 Å². The molecule has 2 aromatic carbocycles. The first kappa shape index (κ1) is 18.7. The largest absolute Gasteiger partial charge is 0.497 e. The van der Waals surface area contributed by atoms with Gasteiger partial charge in [-0.05, 0) is 43.3 Å². The number of hydrogen-bond donors (Lipinski definition) is 1. The molecule has 29 heavy (non-hydrogen) atoms. The fraction of sp³-hybridized carbons (Fsp3) is 0.227. The van der Waals surface area contributed by atoms with Crippen LogP contribution in [-0.2, 0) is 4.79 Å². The fourth-order valence-electron chi connectivity index (χ4n) is 3.72. The molecule has 0 fully saturated rings. The second-order valence-corrected chi connectivity index (χ2v) is 6.83. The van der Waals surface area contributed by atoms with Crippen molar-refractivity contribution in [2.75, 3.05) is 19.5 Å². The molecule has 1 atom stereocenters. The Hall–Kier alpha value is -3.61. The van der Waals surface area contributed by atoms with Crippen molar-refractivity contribution in [1.29, 1.82) is 0 Å². The summed E-state index contributed by atoms with van der Waals surface area (Å²) in [5.41, 5.74) is 2.65. The molecule has 0 bridgehead atoms. The van der Waals surface area contributed by atoms with Crippen LogP contribution in [0.25, 0.3) is 5.69 Å². The van der Waals surface area contributed by atoms with E-state index < -0.39 is 5.92 Å². The Morgan fingerprint density at radius 2 is 1.83 bits per heavy atom. The summed E-state index contributed by atoms with van der Waals surface area (Å²) in [5, 5.41) is 7.49. The Morgan fingerprint density at radius 1 is 1.10 bits per heavy atom. The van der Waals surface area contributed by atoms with Gasteiger partial charge in [-0.25, -0.2) is 4.68 Å². The number of methoxy groups -OCH3 is 2. The van der Waals surface area contributed by atoms with Crippen LogP contribution >= 0.6 is 0 Å². The van der Waals surface area contributed by atoms with E-state index in [1.54, 1.807) is 30.0 Å². The third kappa shape index (κ3) is 3.24. The Balaban J connectivity index is 1.80. The smallest absolute Gasteiger partial charge is 0.226 e. The number of rotatable bonds is 5. The molecule has 0 saturated carbocycles. The van der Waals surface area contributed by atoms with E-state index in [9.17, 15) is 9.59 Å². The lowest BCUT2D eigenvalue weighted by atomic mass is 9.85. The van der Waals surface area contributed by atoms with Crippen LogP contribution in [0.4, 0.5) is 5.82 Å². The molecule has 7 heteroatoms. The maximum absolute atomic E-state index is 13.4. The molecule has 0 saturated heterocycles. The number of aryl methyl sites for hydroxylation is 1. The van der Waals surface area contributed by atoms with Gasteiger partial charge in [0.1, 0.15) is 17.3 Å². The predicted octanol–water partition coefficient (Wildman–Crippen LogP) is 3.51. The highest BCUT2D eigenvalue weighted by atomic mass is 16.5. The van der Waals surface area contributed by atoms with Gasteiger partial charge in [0.15, 0.2) is 5.78 Å². The number of amides is 1. The number of carbonyl (C=O) groups is 2. The number of para-hydroxylation sites is 1. The molecule has 4 rings (SSSR count). The van der Waals surface area contributed by atoms with Crippen LogP contribution in [0.15, 0.2) is 48.5 Å². The van der Waals surface area contributed by atoms with E-state index in [1.807, 2.05) is 37.3 Å². The third-order valence-corrected chi connectivity index (χ3v) is 5.11. The van der Waals surface area contributed by atoms with Crippen LogP contribution in [0, 0.1) is 6.92 Å². The number of benzene rings is 2. The van der Waals surface area contributed by atoms with Gasteiger partial charge in [0.2, 0.25) is 5.91 Å². The van der Waals surface area contributed by atoms with E-state index in [0.29, 0.717) is 22.8 Å². The van der Waals surface area contributed by atoms with Gasteiger partial charge >= 0.3 is 0 Å². The minimum absolute atomic E-state index is 0.0685. The molecule has 0 aliphatic carbocycles. The zero-order valence-corrected chi connectivity index (χ0v) is 16.4. The third-order valence-electron chi connectivity index (χ3n) is 5.11. The van der Waals surface area contributed by atoms with Crippen molar-refractivity contribution in [2.45, 2.75) is 19.3 Å². The lowest BCUT2D eigenvalue weighted by molar-refractivity contribution is -0.116. The Morgan fingerprint density at radius 3 is 2.52 bits per heavy atom. The van der Waals surface area contributed by atoms with E-state index in [2.05, 4.69) is 10.4 Å². The zero-order chi connectivity index (χ0) is 20.5. The van der Waals surface area contributed by atoms with E-state index in [-0.39, 0.29) is 18.1 Å². The highest BCUT2D eigenvalue weighted by Crippen LogP contribution is 2.39. The molecule has 1 amide bonds. The summed E-state index contributed by atoms with van der Waals surface area (Å²) in [4.78, 5) is 25.8. The topological polar surface area (TPSA) is 82.5 Å². The van der Waals surface area contributed by atoms with Crippen LogP contribution in [0.2, 0.25) is 0 Å². The van der Waals surface area contributed by atoms with E-state index >= 15 is 0 Å². The summed E-state index contributed by atoms with van der Waals surface area (Å²) in [7, 11) is 3.13. The number of fused-ring (bicyclic) bond motifs is 1. The van der Waals surface area contributed by atoms with Gasteiger partial charge in [-0.15, -0.1) is 0 Å². The summed E-state index contributed by atoms with van der Waals surface area (Å²) < 4.78 is 12.2. The first-order valence-electron chi connectivity index (χ1n) is 9.24. The Labute approximate surface area is 168 Å². The quantitative estimate of drug-likeness (QED) is 0.673. The molecule has 1 unspecified atom stereocenters. The number of aromatic nitrogens is 2. The van der Waals surface area contributed by atoms with Crippen LogP contribution in [0.3, 0.4) is 0 Å². The number of nitrogens with zero attached hydrogens (tertiary/aromatic N) is 2. The lowest BCUT2D eigenvalue weighted by Crippen LogP contribution is -2.28. The molecule has 0 radical (unpaired) electrons. The summed E-state index contributed by atoms with van der Waals surface area (Å²) in [6, 6.07) is 14.4. The summed E-state index contributed by atoms with van der Waals surface area (Å²) in [5.74, 6) is 0.737.